The maximum atomic E-state index is 13.0. The van der Waals surface area contributed by atoms with Crippen LogP contribution in [-0.2, 0) is 18.4 Å². The van der Waals surface area contributed by atoms with E-state index in [0.29, 0.717) is 11.5 Å². The van der Waals surface area contributed by atoms with Gasteiger partial charge in [0, 0.05) is 38.0 Å². The first-order valence-electron chi connectivity index (χ1n) is 7.27. The van der Waals surface area contributed by atoms with Crippen LogP contribution in [0.3, 0.4) is 0 Å². The van der Waals surface area contributed by atoms with E-state index in [1.807, 2.05) is 0 Å². The summed E-state index contributed by atoms with van der Waals surface area (Å²) in [5.41, 5.74) is 6.41. The number of halogens is 3. The van der Waals surface area contributed by atoms with Crippen LogP contribution in [0.15, 0.2) is 23.0 Å². The fourth-order valence-electron chi connectivity index (χ4n) is 2.93. The predicted octanol–water partition coefficient (Wildman–Crippen LogP) is 1.17. The minimum absolute atomic E-state index is 0.0531. The van der Waals surface area contributed by atoms with Gasteiger partial charge in [0.1, 0.15) is 5.69 Å². The SMILES string of the molecule is Cn1cc(-c2cc(CN3C[C@@H](C(F)(F)F)[C@H](C(N)=O)C3)on2)cn1. The fourth-order valence-corrected chi connectivity index (χ4v) is 2.93. The third-order valence-electron chi connectivity index (χ3n) is 4.12. The van der Waals surface area contributed by atoms with Crippen LogP contribution in [-0.4, -0.2) is 45.0 Å². The molecule has 1 fully saturated rings. The van der Waals surface area contributed by atoms with Gasteiger partial charge in [-0.05, 0) is 0 Å². The van der Waals surface area contributed by atoms with Gasteiger partial charge in [0.05, 0.1) is 24.6 Å². The van der Waals surface area contributed by atoms with Crippen molar-refractivity contribution in [1.29, 1.82) is 0 Å². The predicted molar refractivity (Wildman–Crippen MR) is 76.2 cm³/mol. The van der Waals surface area contributed by atoms with Crippen molar-refractivity contribution in [2.75, 3.05) is 13.1 Å². The molecule has 1 amide bonds. The van der Waals surface area contributed by atoms with E-state index in [1.165, 1.54) is 4.90 Å². The molecular weight excluding hydrogens is 327 g/mol. The Labute approximate surface area is 135 Å². The molecule has 0 spiro atoms. The number of alkyl halides is 3. The maximum absolute atomic E-state index is 13.0. The molecule has 0 saturated carbocycles. The number of aromatic nitrogens is 3. The number of hydrogen-bond donors (Lipinski definition) is 1. The van der Waals surface area contributed by atoms with E-state index in [1.54, 1.807) is 30.2 Å². The van der Waals surface area contributed by atoms with Crippen LogP contribution in [0.5, 0.6) is 0 Å². The monoisotopic (exact) mass is 343 g/mol. The first-order valence-corrected chi connectivity index (χ1v) is 7.27. The lowest BCUT2D eigenvalue weighted by atomic mass is 9.95. The first kappa shape index (κ1) is 16.5. The van der Waals surface area contributed by atoms with Crippen molar-refractivity contribution in [3.8, 4) is 11.3 Å². The zero-order chi connectivity index (χ0) is 17.5. The molecule has 2 atom stereocenters. The van der Waals surface area contributed by atoms with Crippen LogP contribution < -0.4 is 5.73 Å². The van der Waals surface area contributed by atoms with Crippen LogP contribution >= 0.6 is 0 Å². The molecule has 1 saturated heterocycles. The van der Waals surface area contributed by atoms with E-state index in [0.717, 1.165) is 5.56 Å². The van der Waals surface area contributed by atoms with Crippen LogP contribution in [0.25, 0.3) is 11.3 Å². The highest BCUT2D eigenvalue weighted by Gasteiger charge is 2.51. The summed E-state index contributed by atoms with van der Waals surface area (Å²) < 4.78 is 45.9. The summed E-state index contributed by atoms with van der Waals surface area (Å²) in [6.45, 7) is -0.216. The van der Waals surface area contributed by atoms with Crippen LogP contribution in [0.2, 0.25) is 0 Å². The van der Waals surface area contributed by atoms with Crippen molar-refractivity contribution < 1.29 is 22.5 Å². The summed E-state index contributed by atoms with van der Waals surface area (Å²) in [7, 11) is 1.76. The Balaban J connectivity index is 1.71. The van der Waals surface area contributed by atoms with Gasteiger partial charge >= 0.3 is 6.18 Å². The Hall–Kier alpha value is -2.36. The van der Waals surface area contributed by atoms with Crippen LogP contribution in [0.1, 0.15) is 5.76 Å². The number of likely N-dealkylation sites (tertiary alicyclic amines) is 1. The lowest BCUT2D eigenvalue weighted by Crippen LogP contribution is -2.37. The maximum Gasteiger partial charge on any atom is 0.393 e. The van der Waals surface area contributed by atoms with Gasteiger partial charge in [0.25, 0.3) is 0 Å². The summed E-state index contributed by atoms with van der Waals surface area (Å²) in [4.78, 5) is 12.8. The summed E-state index contributed by atoms with van der Waals surface area (Å²) in [6, 6.07) is 1.65. The molecule has 1 aliphatic heterocycles. The Morgan fingerprint density at radius 2 is 2.21 bits per heavy atom. The van der Waals surface area contributed by atoms with Gasteiger partial charge in [-0.15, -0.1) is 0 Å². The zero-order valence-electron chi connectivity index (χ0n) is 12.8. The highest BCUT2D eigenvalue weighted by atomic mass is 19.4. The molecule has 0 aromatic carbocycles. The Morgan fingerprint density at radius 3 is 2.75 bits per heavy atom. The van der Waals surface area contributed by atoms with E-state index in [-0.39, 0.29) is 19.6 Å². The molecule has 0 radical (unpaired) electrons. The Kier molecular flexibility index (Phi) is 4.08. The smallest absolute Gasteiger partial charge is 0.369 e. The molecule has 7 nitrogen and oxygen atoms in total. The zero-order valence-corrected chi connectivity index (χ0v) is 12.8. The second-order valence-corrected chi connectivity index (χ2v) is 5.93. The molecular formula is C14H16F3N5O2. The van der Waals surface area contributed by atoms with Crippen molar-refractivity contribution >= 4 is 5.91 Å². The van der Waals surface area contributed by atoms with Gasteiger partial charge in [-0.1, -0.05) is 5.16 Å². The minimum Gasteiger partial charge on any atom is -0.369 e. The Bertz CT molecular complexity index is 739. The molecule has 2 N–H and O–H groups in total. The molecule has 1 aliphatic rings. The number of rotatable bonds is 4. The van der Waals surface area contributed by atoms with Crippen molar-refractivity contribution in [2.45, 2.75) is 12.7 Å². The third-order valence-corrected chi connectivity index (χ3v) is 4.12. The molecule has 0 unspecified atom stereocenters. The minimum atomic E-state index is -4.46. The standard InChI is InChI=1S/C14H16F3N5O2/c1-21-4-8(3-19-21)12-2-9(24-20-12)5-22-6-10(13(18)23)11(7-22)14(15,16)17/h2-4,10-11H,5-7H2,1H3,(H2,18,23)/t10-,11-/m1/s1. The number of aryl methyl sites for hydroxylation is 1. The fraction of sp³-hybridized carbons (Fsp3) is 0.500. The summed E-state index contributed by atoms with van der Waals surface area (Å²) >= 11 is 0. The number of carbonyl (C=O) groups excluding carboxylic acids is 1. The normalized spacial score (nSPS) is 22.2. The van der Waals surface area contributed by atoms with E-state index in [4.69, 9.17) is 10.3 Å². The number of nitrogens with zero attached hydrogens (tertiary/aromatic N) is 4. The van der Waals surface area contributed by atoms with Gasteiger partial charge in [-0.3, -0.25) is 14.4 Å². The second kappa shape index (κ2) is 5.93. The highest BCUT2D eigenvalue weighted by molar-refractivity contribution is 5.77. The van der Waals surface area contributed by atoms with E-state index in [2.05, 4.69) is 10.3 Å². The molecule has 0 aliphatic carbocycles. The number of nitrogens with two attached hydrogens (primary N) is 1. The second-order valence-electron chi connectivity index (χ2n) is 5.93. The van der Waals surface area contributed by atoms with Crippen molar-refractivity contribution in [3.05, 3.63) is 24.2 Å². The van der Waals surface area contributed by atoms with Crippen LogP contribution in [0, 0.1) is 11.8 Å². The molecule has 0 bridgehead atoms. The van der Waals surface area contributed by atoms with Crippen molar-refractivity contribution in [3.63, 3.8) is 0 Å². The number of hydrogen-bond acceptors (Lipinski definition) is 5. The van der Waals surface area contributed by atoms with Gasteiger partial charge in [0.2, 0.25) is 5.91 Å². The van der Waals surface area contributed by atoms with Gasteiger partial charge < -0.3 is 10.3 Å². The lowest BCUT2D eigenvalue weighted by molar-refractivity contribution is -0.182. The van der Waals surface area contributed by atoms with Crippen molar-refractivity contribution in [2.24, 2.45) is 24.6 Å². The van der Waals surface area contributed by atoms with Gasteiger partial charge in [0.15, 0.2) is 5.76 Å². The molecule has 3 rings (SSSR count). The molecule has 3 heterocycles. The molecule has 2 aromatic heterocycles. The average molecular weight is 343 g/mol. The lowest BCUT2D eigenvalue weighted by Gasteiger charge is -2.18. The van der Waals surface area contributed by atoms with Gasteiger partial charge in [-0.2, -0.15) is 18.3 Å². The number of amides is 1. The Morgan fingerprint density at radius 1 is 1.46 bits per heavy atom. The summed E-state index contributed by atoms with van der Waals surface area (Å²) in [6.07, 6.45) is -1.10. The van der Waals surface area contributed by atoms with Crippen molar-refractivity contribution in [1.82, 2.24) is 19.8 Å². The van der Waals surface area contributed by atoms with E-state index >= 15 is 0 Å². The summed E-state index contributed by atoms with van der Waals surface area (Å²) in [5.74, 6) is -3.52. The van der Waals surface area contributed by atoms with E-state index in [9.17, 15) is 18.0 Å². The molecule has 130 valence electrons. The first-order chi connectivity index (χ1) is 11.2. The van der Waals surface area contributed by atoms with E-state index < -0.39 is 23.9 Å². The number of carbonyl (C=O) groups is 1. The topological polar surface area (TPSA) is 90.2 Å². The number of primary amides is 1. The van der Waals surface area contributed by atoms with Crippen LogP contribution in [0.4, 0.5) is 13.2 Å². The largest absolute Gasteiger partial charge is 0.393 e. The quantitative estimate of drug-likeness (QED) is 0.900. The van der Waals surface area contributed by atoms with Gasteiger partial charge in [-0.25, -0.2) is 0 Å². The molecule has 24 heavy (non-hydrogen) atoms. The summed E-state index contributed by atoms with van der Waals surface area (Å²) in [5, 5.41) is 7.91. The third kappa shape index (κ3) is 3.28. The average Bonchev–Trinajstić information content (AvgIpc) is 3.17. The molecule has 10 heteroatoms. The highest BCUT2D eigenvalue weighted by Crippen LogP contribution is 2.38. The molecule has 2 aromatic rings.